The SMILES string of the molecule is CCOC(=O)C1=C(C(F)(F)F)N=C2SC=C(CC(=O)N3CCOCC3)N2[C@H]1c1ccccc1C. The first-order chi connectivity index (χ1) is 16.2. The summed E-state index contributed by atoms with van der Waals surface area (Å²) in [7, 11) is 0. The van der Waals surface area contributed by atoms with E-state index in [9.17, 15) is 22.8 Å². The number of carbonyl (C=O) groups is 2. The molecule has 1 saturated heterocycles. The monoisotopic (exact) mass is 495 g/mol. The van der Waals surface area contributed by atoms with E-state index in [1.54, 1.807) is 46.4 Å². The van der Waals surface area contributed by atoms with Gasteiger partial charge in [0.05, 0.1) is 37.9 Å². The van der Waals surface area contributed by atoms with Crippen molar-refractivity contribution in [3.63, 3.8) is 0 Å². The van der Waals surface area contributed by atoms with E-state index >= 15 is 0 Å². The predicted molar refractivity (Wildman–Crippen MR) is 121 cm³/mol. The number of thioether (sulfide) groups is 1. The van der Waals surface area contributed by atoms with Gasteiger partial charge >= 0.3 is 12.1 Å². The minimum atomic E-state index is -4.87. The molecule has 4 rings (SSSR count). The van der Waals surface area contributed by atoms with Gasteiger partial charge in [-0.1, -0.05) is 36.0 Å². The van der Waals surface area contributed by atoms with Crippen molar-refractivity contribution in [2.75, 3.05) is 32.9 Å². The van der Waals surface area contributed by atoms with Crippen LogP contribution in [0.3, 0.4) is 0 Å². The van der Waals surface area contributed by atoms with Crippen LogP contribution in [0.25, 0.3) is 0 Å². The number of aryl methyl sites for hydroxylation is 1. The lowest BCUT2D eigenvalue weighted by Gasteiger charge is -2.38. The van der Waals surface area contributed by atoms with E-state index in [1.807, 2.05) is 0 Å². The van der Waals surface area contributed by atoms with Crippen LogP contribution in [-0.4, -0.2) is 65.9 Å². The lowest BCUT2D eigenvalue weighted by atomic mass is 9.90. The summed E-state index contributed by atoms with van der Waals surface area (Å²) >= 11 is 1.01. The first kappa shape index (κ1) is 24.3. The highest BCUT2D eigenvalue weighted by molar-refractivity contribution is 8.16. The van der Waals surface area contributed by atoms with Crippen molar-refractivity contribution in [1.29, 1.82) is 0 Å². The van der Waals surface area contributed by atoms with Crippen LogP contribution in [0.4, 0.5) is 13.2 Å². The van der Waals surface area contributed by atoms with Crippen LogP contribution in [0.15, 0.2) is 51.6 Å². The number of amides is 1. The summed E-state index contributed by atoms with van der Waals surface area (Å²) < 4.78 is 52.6. The van der Waals surface area contributed by atoms with Gasteiger partial charge in [-0.2, -0.15) is 13.2 Å². The lowest BCUT2D eigenvalue weighted by molar-refractivity contribution is -0.140. The smallest absolute Gasteiger partial charge is 0.434 e. The van der Waals surface area contributed by atoms with Crippen molar-refractivity contribution in [2.45, 2.75) is 32.5 Å². The number of hydrogen-bond donors (Lipinski definition) is 0. The Balaban J connectivity index is 1.80. The summed E-state index contributed by atoms with van der Waals surface area (Å²) in [6.45, 7) is 4.99. The van der Waals surface area contributed by atoms with Crippen LogP contribution in [-0.2, 0) is 19.1 Å². The molecule has 11 heteroatoms. The number of benzene rings is 1. The Labute approximate surface area is 199 Å². The van der Waals surface area contributed by atoms with Gasteiger partial charge in [-0.25, -0.2) is 9.79 Å². The number of nitrogens with zero attached hydrogens (tertiary/aromatic N) is 3. The molecule has 0 N–H and O–H groups in total. The zero-order chi connectivity index (χ0) is 24.5. The molecule has 1 fully saturated rings. The molecule has 0 spiro atoms. The molecule has 1 atom stereocenters. The van der Waals surface area contributed by atoms with E-state index in [-0.39, 0.29) is 24.1 Å². The molecule has 0 bridgehead atoms. The minimum Gasteiger partial charge on any atom is -0.463 e. The minimum absolute atomic E-state index is 0.0359. The maximum atomic E-state index is 14.1. The van der Waals surface area contributed by atoms with Crippen LogP contribution in [0.1, 0.15) is 30.5 Å². The van der Waals surface area contributed by atoms with Crippen molar-refractivity contribution in [1.82, 2.24) is 9.80 Å². The van der Waals surface area contributed by atoms with Gasteiger partial charge < -0.3 is 19.3 Å². The third-order valence-corrected chi connectivity index (χ3v) is 6.64. The van der Waals surface area contributed by atoms with Gasteiger partial charge in [-0.3, -0.25) is 4.79 Å². The fraction of sp³-hybridized carbons (Fsp3) is 0.435. The molecule has 7 nitrogen and oxygen atoms in total. The second-order valence-corrected chi connectivity index (χ2v) is 8.74. The van der Waals surface area contributed by atoms with Gasteiger partial charge in [0.2, 0.25) is 5.91 Å². The largest absolute Gasteiger partial charge is 0.463 e. The zero-order valence-electron chi connectivity index (χ0n) is 18.7. The zero-order valence-corrected chi connectivity index (χ0v) is 19.5. The third kappa shape index (κ3) is 4.72. The predicted octanol–water partition coefficient (Wildman–Crippen LogP) is 3.92. The Morgan fingerprint density at radius 1 is 1.24 bits per heavy atom. The van der Waals surface area contributed by atoms with E-state index in [2.05, 4.69) is 4.99 Å². The van der Waals surface area contributed by atoms with Crippen molar-refractivity contribution in [3.8, 4) is 0 Å². The van der Waals surface area contributed by atoms with Crippen LogP contribution in [0.5, 0.6) is 0 Å². The van der Waals surface area contributed by atoms with E-state index < -0.39 is 29.5 Å². The maximum Gasteiger partial charge on any atom is 0.434 e. The third-order valence-electron chi connectivity index (χ3n) is 5.75. The first-order valence-electron chi connectivity index (χ1n) is 10.9. The number of carbonyl (C=O) groups excluding carboxylic acids is 2. The van der Waals surface area contributed by atoms with Gasteiger partial charge in [-0.15, -0.1) is 0 Å². The fourth-order valence-electron chi connectivity index (χ4n) is 4.16. The van der Waals surface area contributed by atoms with Crippen LogP contribution < -0.4 is 0 Å². The highest BCUT2D eigenvalue weighted by Gasteiger charge is 2.49. The molecular formula is C23H24F3N3O4S. The van der Waals surface area contributed by atoms with Crippen LogP contribution in [0, 0.1) is 6.92 Å². The quantitative estimate of drug-likeness (QED) is 0.577. The molecule has 0 radical (unpaired) electrons. The number of aliphatic imine (C=N–C) groups is 1. The molecule has 0 unspecified atom stereocenters. The molecule has 3 aliphatic rings. The van der Waals surface area contributed by atoms with Crippen molar-refractivity contribution < 1.29 is 32.2 Å². The lowest BCUT2D eigenvalue weighted by Crippen LogP contribution is -2.43. The number of morpholine rings is 1. The van der Waals surface area contributed by atoms with E-state index in [0.717, 1.165) is 11.8 Å². The number of amidine groups is 1. The number of allylic oxidation sites excluding steroid dienone is 1. The van der Waals surface area contributed by atoms with Crippen molar-refractivity contribution in [2.24, 2.45) is 4.99 Å². The average Bonchev–Trinajstić information content (AvgIpc) is 3.21. The Kier molecular flexibility index (Phi) is 7.04. The summed E-state index contributed by atoms with van der Waals surface area (Å²) in [5.74, 6) is -1.25. The number of hydrogen-bond acceptors (Lipinski definition) is 7. The first-order valence-corrected chi connectivity index (χ1v) is 11.7. The van der Waals surface area contributed by atoms with Gasteiger partial charge in [0.1, 0.15) is 0 Å². The molecule has 3 aliphatic heterocycles. The summed E-state index contributed by atoms with van der Waals surface area (Å²) in [6.07, 6.45) is -4.90. The van der Waals surface area contributed by atoms with E-state index in [0.29, 0.717) is 43.1 Å². The van der Waals surface area contributed by atoms with Crippen LogP contribution >= 0.6 is 11.8 Å². The average molecular weight is 496 g/mol. The molecule has 0 saturated carbocycles. The molecule has 34 heavy (non-hydrogen) atoms. The van der Waals surface area contributed by atoms with Gasteiger partial charge in [0.15, 0.2) is 10.9 Å². The molecule has 1 aromatic carbocycles. The second-order valence-electron chi connectivity index (χ2n) is 7.90. The highest BCUT2D eigenvalue weighted by atomic mass is 32.2. The number of alkyl halides is 3. The normalized spacial score (nSPS) is 20.7. The summed E-state index contributed by atoms with van der Waals surface area (Å²) in [5, 5.41) is 1.70. The molecule has 1 aromatic rings. The van der Waals surface area contributed by atoms with Gasteiger partial charge in [0, 0.05) is 18.8 Å². The number of esters is 1. The highest BCUT2D eigenvalue weighted by Crippen LogP contribution is 2.48. The van der Waals surface area contributed by atoms with E-state index in [1.165, 1.54) is 6.92 Å². The molecule has 0 aliphatic carbocycles. The Morgan fingerprint density at radius 2 is 1.94 bits per heavy atom. The molecular weight excluding hydrogens is 471 g/mol. The molecule has 3 heterocycles. The van der Waals surface area contributed by atoms with Crippen LogP contribution in [0.2, 0.25) is 0 Å². The summed E-state index contributed by atoms with van der Waals surface area (Å²) in [6, 6.07) is 5.79. The summed E-state index contributed by atoms with van der Waals surface area (Å²) in [5.41, 5.74) is -0.164. The van der Waals surface area contributed by atoms with Gasteiger partial charge in [0.25, 0.3) is 0 Å². The number of halogens is 3. The van der Waals surface area contributed by atoms with Gasteiger partial charge in [-0.05, 0) is 30.4 Å². The number of ether oxygens (including phenoxy) is 2. The maximum absolute atomic E-state index is 14.1. The van der Waals surface area contributed by atoms with Crippen molar-refractivity contribution in [3.05, 3.63) is 57.8 Å². The van der Waals surface area contributed by atoms with E-state index in [4.69, 9.17) is 9.47 Å². The topological polar surface area (TPSA) is 71.4 Å². The second kappa shape index (κ2) is 9.83. The van der Waals surface area contributed by atoms with Crippen molar-refractivity contribution >= 4 is 28.8 Å². The molecule has 0 aromatic heterocycles. The molecule has 182 valence electrons. The Bertz CT molecular complexity index is 1080. The Morgan fingerprint density at radius 3 is 2.59 bits per heavy atom. The molecule has 1 amide bonds. The standard InChI is InChI=1S/C23H24F3N3O4S/c1-3-33-21(31)18-19(16-7-5-4-6-14(16)2)29-15(12-17(30)28-8-10-32-11-9-28)13-34-22(29)27-20(18)23(24,25)26/h4-7,13,19H,3,8-12H2,1-2H3/t19-/m0/s1. The Hall–Kier alpha value is -2.79. The number of rotatable bonds is 5. The fourth-order valence-corrected chi connectivity index (χ4v) is 5.07. The summed E-state index contributed by atoms with van der Waals surface area (Å²) in [4.78, 5) is 32.9. The number of fused-ring (bicyclic) bond motifs is 1.